The highest BCUT2D eigenvalue weighted by Crippen LogP contribution is 2.30. The highest BCUT2D eigenvalue weighted by atomic mass is 32.2. The summed E-state index contributed by atoms with van der Waals surface area (Å²) >= 11 is 1.70. The minimum atomic E-state index is -0.119. The SMILES string of the molecule is CC(Sc1ccc(C(C)(C)C)cc1)C(C)C(=O)NN. The summed E-state index contributed by atoms with van der Waals surface area (Å²) in [4.78, 5) is 12.7. The molecule has 106 valence electrons. The molecule has 0 aliphatic rings. The Morgan fingerprint density at radius 3 is 2.16 bits per heavy atom. The number of carbonyl (C=O) groups is 1. The van der Waals surface area contributed by atoms with Crippen LogP contribution in [0.5, 0.6) is 0 Å². The first-order valence-corrected chi connectivity index (χ1v) is 7.41. The zero-order chi connectivity index (χ0) is 14.6. The van der Waals surface area contributed by atoms with Gasteiger partial charge in [0, 0.05) is 16.1 Å². The molecule has 0 saturated carbocycles. The van der Waals surface area contributed by atoms with Crippen molar-refractivity contribution in [2.24, 2.45) is 11.8 Å². The summed E-state index contributed by atoms with van der Waals surface area (Å²) in [6.45, 7) is 10.5. The number of hydrazine groups is 1. The first kappa shape index (κ1) is 16.1. The Kier molecular flexibility index (Phi) is 5.44. The molecular weight excluding hydrogens is 256 g/mol. The van der Waals surface area contributed by atoms with E-state index in [2.05, 4.69) is 50.5 Å². The van der Waals surface area contributed by atoms with Crippen molar-refractivity contribution in [3.05, 3.63) is 29.8 Å². The van der Waals surface area contributed by atoms with Gasteiger partial charge in [-0.1, -0.05) is 46.8 Å². The fraction of sp³-hybridized carbons (Fsp3) is 0.533. The average Bonchev–Trinajstić information content (AvgIpc) is 2.36. The van der Waals surface area contributed by atoms with Gasteiger partial charge in [0.25, 0.3) is 0 Å². The number of hydrogen-bond donors (Lipinski definition) is 2. The largest absolute Gasteiger partial charge is 0.294 e. The van der Waals surface area contributed by atoms with Crippen LogP contribution in [0, 0.1) is 5.92 Å². The Balaban J connectivity index is 2.70. The van der Waals surface area contributed by atoms with Gasteiger partial charge >= 0.3 is 0 Å². The molecule has 1 aromatic rings. The molecule has 1 rings (SSSR count). The van der Waals surface area contributed by atoms with Gasteiger partial charge in [0.05, 0.1) is 0 Å². The van der Waals surface area contributed by atoms with Crippen molar-refractivity contribution in [1.29, 1.82) is 0 Å². The average molecular weight is 280 g/mol. The van der Waals surface area contributed by atoms with Gasteiger partial charge in [-0.05, 0) is 23.1 Å². The van der Waals surface area contributed by atoms with Crippen molar-refractivity contribution in [3.63, 3.8) is 0 Å². The third kappa shape index (κ3) is 4.55. The molecule has 0 aliphatic carbocycles. The number of nitrogens with two attached hydrogens (primary N) is 1. The van der Waals surface area contributed by atoms with E-state index in [1.54, 1.807) is 11.8 Å². The summed E-state index contributed by atoms with van der Waals surface area (Å²) in [5.74, 6) is 4.93. The maximum absolute atomic E-state index is 11.5. The predicted octanol–water partition coefficient (Wildman–Crippen LogP) is 3.09. The zero-order valence-corrected chi connectivity index (χ0v) is 13.2. The fourth-order valence-corrected chi connectivity index (χ4v) is 2.75. The molecule has 0 aromatic heterocycles. The highest BCUT2D eigenvalue weighted by Gasteiger charge is 2.20. The Hall–Kier alpha value is -1.00. The van der Waals surface area contributed by atoms with Crippen molar-refractivity contribution in [2.75, 3.05) is 0 Å². The lowest BCUT2D eigenvalue weighted by atomic mass is 9.87. The number of rotatable bonds is 4. The van der Waals surface area contributed by atoms with Gasteiger partial charge in [-0.25, -0.2) is 5.84 Å². The van der Waals surface area contributed by atoms with Gasteiger partial charge < -0.3 is 0 Å². The highest BCUT2D eigenvalue weighted by molar-refractivity contribution is 8.00. The van der Waals surface area contributed by atoms with Crippen LogP contribution in [0.15, 0.2) is 29.2 Å². The molecule has 3 nitrogen and oxygen atoms in total. The van der Waals surface area contributed by atoms with Crippen LogP contribution >= 0.6 is 11.8 Å². The normalized spacial score (nSPS) is 14.8. The number of carbonyl (C=O) groups excluding carboxylic acids is 1. The number of amides is 1. The van der Waals surface area contributed by atoms with E-state index < -0.39 is 0 Å². The van der Waals surface area contributed by atoms with Gasteiger partial charge in [-0.3, -0.25) is 10.2 Å². The maximum atomic E-state index is 11.5. The summed E-state index contributed by atoms with van der Waals surface area (Å²) in [7, 11) is 0. The van der Waals surface area contributed by atoms with Crippen molar-refractivity contribution in [3.8, 4) is 0 Å². The molecule has 0 radical (unpaired) electrons. The van der Waals surface area contributed by atoms with Crippen LogP contribution in [0.1, 0.15) is 40.2 Å². The number of nitrogens with one attached hydrogen (secondary N) is 1. The molecule has 1 aromatic carbocycles. The van der Waals surface area contributed by atoms with E-state index in [1.165, 1.54) is 10.5 Å². The molecule has 0 heterocycles. The summed E-state index contributed by atoms with van der Waals surface area (Å²) in [5, 5.41) is 0.184. The Morgan fingerprint density at radius 1 is 1.21 bits per heavy atom. The molecule has 0 bridgehead atoms. The molecule has 0 fully saturated rings. The van der Waals surface area contributed by atoms with Gasteiger partial charge in [0.2, 0.25) is 5.91 Å². The minimum Gasteiger partial charge on any atom is -0.294 e. The van der Waals surface area contributed by atoms with Gasteiger partial charge in [-0.2, -0.15) is 0 Å². The first-order valence-electron chi connectivity index (χ1n) is 6.53. The van der Waals surface area contributed by atoms with Crippen LogP contribution in [0.25, 0.3) is 0 Å². The quantitative estimate of drug-likeness (QED) is 0.386. The standard InChI is InChI=1S/C15H24N2OS/c1-10(14(18)17-16)11(2)19-13-8-6-12(7-9-13)15(3,4)5/h6-11H,16H2,1-5H3,(H,17,18). The van der Waals surface area contributed by atoms with Crippen LogP contribution in [0.2, 0.25) is 0 Å². The van der Waals surface area contributed by atoms with Crippen molar-refractivity contribution in [2.45, 2.75) is 50.2 Å². The Morgan fingerprint density at radius 2 is 1.74 bits per heavy atom. The monoisotopic (exact) mass is 280 g/mol. The second-order valence-corrected chi connectivity index (χ2v) is 7.35. The van der Waals surface area contributed by atoms with E-state index in [0.717, 1.165) is 0 Å². The smallest absolute Gasteiger partial charge is 0.237 e. The summed E-state index contributed by atoms with van der Waals surface area (Å²) in [5.41, 5.74) is 3.69. The molecule has 19 heavy (non-hydrogen) atoms. The predicted molar refractivity (Wildman–Crippen MR) is 82.0 cm³/mol. The Bertz CT molecular complexity index is 423. The van der Waals surface area contributed by atoms with E-state index in [9.17, 15) is 4.79 Å². The van der Waals surface area contributed by atoms with Crippen molar-refractivity contribution < 1.29 is 4.79 Å². The Labute approximate surface area is 120 Å². The first-order chi connectivity index (χ1) is 8.75. The third-order valence-electron chi connectivity index (χ3n) is 3.30. The summed E-state index contributed by atoms with van der Waals surface area (Å²) in [6, 6.07) is 8.55. The molecule has 2 atom stereocenters. The topological polar surface area (TPSA) is 55.1 Å². The molecule has 0 aliphatic heterocycles. The molecular formula is C15H24N2OS. The van der Waals surface area contributed by atoms with Crippen LogP contribution in [-0.2, 0) is 10.2 Å². The van der Waals surface area contributed by atoms with E-state index in [-0.39, 0.29) is 22.5 Å². The fourth-order valence-electron chi connectivity index (χ4n) is 1.69. The molecule has 0 saturated heterocycles. The number of hydrogen-bond acceptors (Lipinski definition) is 3. The van der Waals surface area contributed by atoms with Crippen LogP contribution < -0.4 is 11.3 Å². The number of thioether (sulfide) groups is 1. The maximum Gasteiger partial charge on any atom is 0.237 e. The van der Waals surface area contributed by atoms with Gasteiger partial charge in [-0.15, -0.1) is 11.8 Å². The number of benzene rings is 1. The van der Waals surface area contributed by atoms with Crippen molar-refractivity contribution in [1.82, 2.24) is 5.43 Å². The van der Waals surface area contributed by atoms with Gasteiger partial charge in [0.15, 0.2) is 0 Å². The lowest BCUT2D eigenvalue weighted by molar-refractivity contribution is -0.124. The van der Waals surface area contributed by atoms with Crippen LogP contribution in [0.4, 0.5) is 0 Å². The van der Waals surface area contributed by atoms with Crippen LogP contribution in [-0.4, -0.2) is 11.2 Å². The van der Waals surface area contributed by atoms with E-state index in [4.69, 9.17) is 5.84 Å². The second-order valence-electron chi connectivity index (χ2n) is 5.89. The summed E-state index contributed by atoms with van der Waals surface area (Å²) in [6.07, 6.45) is 0. The molecule has 1 amide bonds. The lowest BCUT2D eigenvalue weighted by Gasteiger charge is -2.20. The molecule has 2 unspecified atom stereocenters. The van der Waals surface area contributed by atoms with E-state index in [0.29, 0.717) is 0 Å². The second kappa shape index (κ2) is 6.44. The minimum absolute atomic E-state index is 0.114. The third-order valence-corrected chi connectivity index (χ3v) is 4.63. The van der Waals surface area contributed by atoms with E-state index >= 15 is 0 Å². The molecule has 3 N–H and O–H groups in total. The van der Waals surface area contributed by atoms with Gasteiger partial charge in [0.1, 0.15) is 0 Å². The lowest BCUT2D eigenvalue weighted by Crippen LogP contribution is -2.38. The zero-order valence-electron chi connectivity index (χ0n) is 12.4. The molecule has 0 spiro atoms. The van der Waals surface area contributed by atoms with Crippen molar-refractivity contribution >= 4 is 17.7 Å². The summed E-state index contributed by atoms with van der Waals surface area (Å²) < 4.78 is 0. The molecule has 4 heteroatoms. The van der Waals surface area contributed by atoms with Crippen LogP contribution in [0.3, 0.4) is 0 Å². The van der Waals surface area contributed by atoms with E-state index in [1.807, 2.05) is 13.8 Å².